The van der Waals surface area contributed by atoms with Crippen molar-refractivity contribution in [1.29, 1.82) is 0 Å². The monoisotopic (exact) mass is 630 g/mol. The van der Waals surface area contributed by atoms with Crippen LogP contribution in [0, 0.1) is 23.7 Å². The lowest BCUT2D eigenvalue weighted by Gasteiger charge is -2.39. The smallest absolute Gasteiger partial charge is 0.330 e. The van der Waals surface area contributed by atoms with Gasteiger partial charge in [0, 0.05) is 29.3 Å². The molecule has 0 aliphatic heterocycles. The SMILES string of the molecule is COC(=O)/C=C/CC[C@H](NC(=O)c1oc2ccccc2c1C)C(=O)Nc1cccn(CC(=O)NC2CC3CCC2(C)C3(C)C)c1=O. The second-order valence-electron chi connectivity index (χ2n) is 13.2. The number of nitrogens with one attached hydrogen (secondary N) is 3. The van der Waals surface area contributed by atoms with Gasteiger partial charge in [0.2, 0.25) is 11.8 Å². The van der Waals surface area contributed by atoms with Crippen LogP contribution in [0.15, 0.2) is 64.0 Å². The molecule has 2 saturated carbocycles. The summed E-state index contributed by atoms with van der Waals surface area (Å²) >= 11 is 0. The lowest BCUT2D eigenvalue weighted by molar-refractivity contribution is -0.134. The van der Waals surface area contributed by atoms with Gasteiger partial charge in [-0.25, -0.2) is 4.79 Å². The summed E-state index contributed by atoms with van der Waals surface area (Å²) in [5.41, 5.74) is 0.729. The second kappa shape index (κ2) is 13.0. The first-order valence-electron chi connectivity index (χ1n) is 15.7. The Morgan fingerprint density at radius 1 is 1.13 bits per heavy atom. The number of aromatic nitrogens is 1. The van der Waals surface area contributed by atoms with Crippen molar-refractivity contribution in [3.05, 3.63) is 76.4 Å². The molecule has 2 bridgehead atoms. The standard InChI is InChI=1S/C35H42N4O7/c1-21-23-11-6-8-14-26(23)46-30(21)32(43)36-24(12-7-9-15-29(41)45-5)31(42)37-25-13-10-18-39(33(25)44)20-28(40)38-27-19-22-16-17-35(27,4)34(22,2)3/h6,8-11,13-15,18,22,24,27H,7,12,16-17,19-20H2,1-5H3,(H,36,43)(H,37,42)(H,38,40)/b15-9+/t22?,24-,27?,35?/m0/s1. The molecule has 0 radical (unpaired) electrons. The van der Waals surface area contributed by atoms with Crippen LogP contribution in [0.4, 0.5) is 5.69 Å². The molecule has 3 aromatic rings. The number of para-hydroxylation sites is 1. The van der Waals surface area contributed by atoms with Crippen LogP contribution in [0.5, 0.6) is 0 Å². The lowest BCUT2D eigenvalue weighted by atomic mass is 9.69. The van der Waals surface area contributed by atoms with Gasteiger partial charge in [-0.15, -0.1) is 0 Å². The number of rotatable bonds is 11. The van der Waals surface area contributed by atoms with Gasteiger partial charge >= 0.3 is 5.97 Å². The maximum atomic E-state index is 13.5. The number of hydrogen-bond donors (Lipinski definition) is 3. The molecule has 0 saturated heterocycles. The Balaban J connectivity index is 1.29. The highest BCUT2D eigenvalue weighted by Crippen LogP contribution is 2.65. The summed E-state index contributed by atoms with van der Waals surface area (Å²) < 4.78 is 11.6. The van der Waals surface area contributed by atoms with Crippen molar-refractivity contribution in [2.75, 3.05) is 12.4 Å². The van der Waals surface area contributed by atoms with E-state index in [-0.39, 0.29) is 53.6 Å². The van der Waals surface area contributed by atoms with Crippen molar-refractivity contribution < 1.29 is 28.3 Å². The summed E-state index contributed by atoms with van der Waals surface area (Å²) in [4.78, 5) is 64.8. The predicted octanol–water partition coefficient (Wildman–Crippen LogP) is 4.48. The van der Waals surface area contributed by atoms with Gasteiger partial charge in [-0.1, -0.05) is 45.0 Å². The number of ether oxygens (including phenoxy) is 1. The molecule has 5 rings (SSSR count). The number of carbonyl (C=O) groups is 4. The molecule has 11 nitrogen and oxygen atoms in total. The number of aryl methyl sites for hydroxylation is 1. The van der Waals surface area contributed by atoms with E-state index in [1.165, 1.54) is 36.1 Å². The molecule has 244 valence electrons. The summed E-state index contributed by atoms with van der Waals surface area (Å²) in [5.74, 6) is -1.40. The zero-order valence-electron chi connectivity index (χ0n) is 27.0. The number of anilines is 1. The number of esters is 1. The van der Waals surface area contributed by atoms with Gasteiger partial charge in [-0.05, 0) is 74.0 Å². The van der Waals surface area contributed by atoms with Gasteiger partial charge in [0.15, 0.2) is 5.76 Å². The topological polar surface area (TPSA) is 149 Å². The van der Waals surface area contributed by atoms with Crippen molar-refractivity contribution in [1.82, 2.24) is 15.2 Å². The summed E-state index contributed by atoms with van der Waals surface area (Å²) in [6.45, 7) is 8.36. The maximum Gasteiger partial charge on any atom is 0.330 e. The Morgan fingerprint density at radius 3 is 2.57 bits per heavy atom. The second-order valence-corrected chi connectivity index (χ2v) is 13.2. The number of methoxy groups -OCH3 is 1. The summed E-state index contributed by atoms with van der Waals surface area (Å²) in [6, 6.07) is 9.22. The van der Waals surface area contributed by atoms with E-state index < -0.39 is 29.4 Å². The van der Waals surface area contributed by atoms with E-state index in [4.69, 9.17) is 4.42 Å². The Hall–Kier alpha value is -4.67. The number of fused-ring (bicyclic) bond motifs is 3. The first-order valence-corrected chi connectivity index (χ1v) is 15.7. The molecule has 46 heavy (non-hydrogen) atoms. The van der Waals surface area contributed by atoms with E-state index in [0.717, 1.165) is 24.6 Å². The van der Waals surface area contributed by atoms with E-state index in [9.17, 15) is 24.0 Å². The van der Waals surface area contributed by atoms with Crippen LogP contribution in [0.25, 0.3) is 11.0 Å². The van der Waals surface area contributed by atoms with E-state index in [1.807, 2.05) is 12.1 Å². The highest BCUT2D eigenvalue weighted by atomic mass is 16.5. The number of furan rings is 1. The summed E-state index contributed by atoms with van der Waals surface area (Å²) in [5, 5.41) is 9.30. The highest BCUT2D eigenvalue weighted by molar-refractivity contribution is 6.03. The first-order chi connectivity index (χ1) is 21.9. The fourth-order valence-electron chi connectivity index (χ4n) is 7.19. The van der Waals surface area contributed by atoms with Crippen LogP contribution in [-0.4, -0.2) is 47.5 Å². The van der Waals surface area contributed by atoms with Crippen LogP contribution in [0.1, 0.15) is 69.0 Å². The van der Waals surface area contributed by atoms with Crippen LogP contribution >= 0.6 is 0 Å². The minimum absolute atomic E-state index is 0.000507. The van der Waals surface area contributed by atoms with Gasteiger partial charge in [0.1, 0.15) is 23.9 Å². The molecule has 2 heterocycles. The fraction of sp³-hybridized carbons (Fsp3) is 0.457. The van der Waals surface area contributed by atoms with Gasteiger partial charge in [-0.3, -0.25) is 19.2 Å². The molecule has 3 unspecified atom stereocenters. The highest BCUT2D eigenvalue weighted by Gasteiger charge is 2.61. The third-order valence-electron chi connectivity index (χ3n) is 10.5. The average molecular weight is 631 g/mol. The Kier molecular flexibility index (Phi) is 9.23. The van der Waals surface area contributed by atoms with Crippen molar-refractivity contribution in [3.63, 3.8) is 0 Å². The van der Waals surface area contributed by atoms with E-state index in [0.29, 0.717) is 17.1 Å². The number of pyridine rings is 1. The molecule has 0 spiro atoms. The number of benzene rings is 1. The van der Waals surface area contributed by atoms with Crippen molar-refractivity contribution in [2.45, 2.75) is 78.4 Å². The molecular weight excluding hydrogens is 588 g/mol. The van der Waals surface area contributed by atoms with E-state index in [2.05, 4.69) is 41.5 Å². The predicted molar refractivity (Wildman–Crippen MR) is 173 cm³/mol. The molecule has 3 amide bonds. The summed E-state index contributed by atoms with van der Waals surface area (Å²) in [7, 11) is 1.26. The number of nitrogens with zero attached hydrogens (tertiary/aromatic N) is 1. The minimum atomic E-state index is -1.08. The van der Waals surface area contributed by atoms with Crippen molar-refractivity contribution >= 4 is 40.3 Å². The zero-order chi connectivity index (χ0) is 33.2. The number of amides is 3. The largest absolute Gasteiger partial charge is 0.466 e. The zero-order valence-corrected chi connectivity index (χ0v) is 27.0. The quantitative estimate of drug-likeness (QED) is 0.209. The van der Waals surface area contributed by atoms with Crippen LogP contribution in [0.2, 0.25) is 0 Å². The molecule has 2 aliphatic rings. The molecule has 3 N–H and O–H groups in total. The normalized spacial score (nSPS) is 22.1. The first kappa shape index (κ1) is 32.7. The average Bonchev–Trinajstić information content (AvgIpc) is 3.55. The molecular formula is C35H42N4O7. The lowest BCUT2D eigenvalue weighted by Crippen LogP contribution is -2.48. The van der Waals surface area contributed by atoms with Gasteiger partial charge in [0.25, 0.3) is 11.5 Å². The van der Waals surface area contributed by atoms with Gasteiger partial charge in [-0.2, -0.15) is 0 Å². The third-order valence-corrected chi connectivity index (χ3v) is 10.5. The Morgan fingerprint density at radius 2 is 1.89 bits per heavy atom. The van der Waals surface area contributed by atoms with E-state index in [1.54, 1.807) is 25.1 Å². The molecule has 4 atom stereocenters. The van der Waals surface area contributed by atoms with Crippen LogP contribution < -0.4 is 21.5 Å². The minimum Gasteiger partial charge on any atom is -0.466 e. The Labute approximate surface area is 267 Å². The Bertz CT molecular complexity index is 1750. The van der Waals surface area contributed by atoms with E-state index >= 15 is 0 Å². The maximum absolute atomic E-state index is 13.5. The van der Waals surface area contributed by atoms with Crippen LogP contribution in [-0.2, 0) is 25.7 Å². The molecule has 2 fully saturated rings. The molecule has 1 aromatic carbocycles. The van der Waals surface area contributed by atoms with Crippen LogP contribution in [0.3, 0.4) is 0 Å². The number of hydrogen-bond acceptors (Lipinski definition) is 7. The van der Waals surface area contributed by atoms with Gasteiger partial charge < -0.3 is 29.7 Å². The number of allylic oxidation sites excluding steroid dienone is 1. The summed E-state index contributed by atoms with van der Waals surface area (Å²) in [6.07, 6.45) is 7.80. The third kappa shape index (κ3) is 6.23. The van der Waals surface area contributed by atoms with Gasteiger partial charge in [0.05, 0.1) is 7.11 Å². The molecule has 2 aromatic heterocycles. The fourth-order valence-corrected chi connectivity index (χ4v) is 7.19. The molecule has 11 heteroatoms. The number of carbonyl (C=O) groups excluding carboxylic acids is 4. The van der Waals surface area contributed by atoms with Crippen molar-refractivity contribution in [3.8, 4) is 0 Å². The molecule has 2 aliphatic carbocycles. The van der Waals surface area contributed by atoms with Crippen molar-refractivity contribution in [2.24, 2.45) is 16.7 Å².